The summed E-state index contributed by atoms with van der Waals surface area (Å²) in [6, 6.07) is 38.3. The van der Waals surface area contributed by atoms with Crippen molar-refractivity contribution in [2.24, 2.45) is 0 Å². The van der Waals surface area contributed by atoms with Crippen LogP contribution < -0.4 is 16.0 Å². The van der Waals surface area contributed by atoms with Gasteiger partial charge in [0.05, 0.1) is 0 Å². The fourth-order valence-electron chi connectivity index (χ4n) is 3.84. The molecule has 0 aliphatic heterocycles. The summed E-state index contributed by atoms with van der Waals surface area (Å²) in [4.78, 5) is 0. The Kier molecular flexibility index (Phi) is 8.55. The zero-order valence-corrected chi connectivity index (χ0v) is 19.1. The quantitative estimate of drug-likeness (QED) is 0.212. The molecule has 3 N–H and O–H groups in total. The average molecular weight is 436 g/mol. The number of hydrogen-bond donors (Lipinski definition) is 3. The minimum absolute atomic E-state index is 0.976. The summed E-state index contributed by atoms with van der Waals surface area (Å²) in [5.74, 6) is 0. The smallest absolute Gasteiger partial charge is 0.0340 e. The van der Waals surface area contributed by atoms with E-state index in [1.807, 2.05) is 0 Å². The molecule has 0 unspecified atom stereocenters. The first-order valence-electron chi connectivity index (χ1n) is 11.9. The molecule has 0 atom stereocenters. The molecule has 4 aromatic carbocycles. The van der Waals surface area contributed by atoms with Crippen molar-refractivity contribution in [1.29, 1.82) is 0 Å². The zero-order valence-electron chi connectivity index (χ0n) is 19.1. The lowest BCUT2D eigenvalue weighted by atomic mass is 10.1. The van der Waals surface area contributed by atoms with Crippen LogP contribution >= 0.6 is 0 Å². The van der Waals surface area contributed by atoms with E-state index >= 15 is 0 Å². The van der Waals surface area contributed by atoms with Crippen molar-refractivity contribution in [3.05, 3.63) is 109 Å². The number of rotatable bonds is 12. The molecule has 0 radical (unpaired) electrons. The first-order valence-corrected chi connectivity index (χ1v) is 11.9. The average Bonchev–Trinajstić information content (AvgIpc) is 2.89. The van der Waals surface area contributed by atoms with E-state index in [2.05, 4.69) is 125 Å². The Balaban J connectivity index is 1.05. The standard InChI is InChI=1S/C30H33N3/c1-3-9-25(10-4-1)27-13-17-29(18-14-27)32-23-7-21-31-22-8-24-33-30-19-15-28(16-20-30)26-11-5-2-6-12-26/h1-6,9-20,31-33H,7-8,21-24H2. The highest BCUT2D eigenvalue weighted by Gasteiger charge is 1.99. The maximum atomic E-state index is 3.54. The molecule has 0 aliphatic rings. The van der Waals surface area contributed by atoms with Gasteiger partial charge in [-0.25, -0.2) is 0 Å². The van der Waals surface area contributed by atoms with E-state index in [9.17, 15) is 0 Å². The van der Waals surface area contributed by atoms with Crippen LogP contribution in [0.2, 0.25) is 0 Å². The summed E-state index contributed by atoms with van der Waals surface area (Å²) in [5, 5.41) is 10.6. The van der Waals surface area contributed by atoms with Crippen LogP contribution in [0, 0.1) is 0 Å². The molecule has 4 rings (SSSR count). The third-order valence-corrected chi connectivity index (χ3v) is 5.70. The third kappa shape index (κ3) is 7.23. The van der Waals surface area contributed by atoms with Gasteiger partial charge in [0.25, 0.3) is 0 Å². The molecule has 0 fully saturated rings. The maximum absolute atomic E-state index is 3.54. The van der Waals surface area contributed by atoms with Crippen molar-refractivity contribution >= 4 is 11.4 Å². The van der Waals surface area contributed by atoms with Crippen LogP contribution in [0.5, 0.6) is 0 Å². The highest BCUT2D eigenvalue weighted by molar-refractivity contribution is 5.66. The molecule has 0 aromatic heterocycles. The number of hydrogen-bond acceptors (Lipinski definition) is 3. The van der Waals surface area contributed by atoms with E-state index < -0.39 is 0 Å². The second kappa shape index (κ2) is 12.5. The lowest BCUT2D eigenvalue weighted by Gasteiger charge is -2.10. The van der Waals surface area contributed by atoms with Gasteiger partial charge in [0.15, 0.2) is 0 Å². The van der Waals surface area contributed by atoms with E-state index in [1.54, 1.807) is 0 Å². The Morgan fingerprint density at radius 2 is 0.727 bits per heavy atom. The molecule has 0 aliphatic carbocycles. The summed E-state index contributed by atoms with van der Waals surface area (Å²) < 4.78 is 0. The predicted molar refractivity (Wildman–Crippen MR) is 143 cm³/mol. The Morgan fingerprint density at radius 1 is 0.364 bits per heavy atom. The summed E-state index contributed by atoms with van der Waals surface area (Å²) >= 11 is 0. The first-order chi connectivity index (χ1) is 16.4. The Bertz CT molecular complexity index is 970. The van der Waals surface area contributed by atoms with Crippen LogP contribution in [0.15, 0.2) is 109 Å². The van der Waals surface area contributed by atoms with E-state index in [0.717, 1.165) is 39.0 Å². The van der Waals surface area contributed by atoms with Crippen molar-refractivity contribution in [1.82, 2.24) is 5.32 Å². The molecule has 0 bridgehead atoms. The maximum Gasteiger partial charge on any atom is 0.0340 e. The van der Waals surface area contributed by atoms with Gasteiger partial charge in [-0.15, -0.1) is 0 Å². The molecule has 0 saturated heterocycles. The Morgan fingerprint density at radius 3 is 1.12 bits per heavy atom. The second-order valence-electron chi connectivity index (χ2n) is 8.20. The van der Waals surface area contributed by atoms with Gasteiger partial charge in [0.2, 0.25) is 0 Å². The molecule has 0 saturated carbocycles. The summed E-state index contributed by atoms with van der Waals surface area (Å²) in [7, 11) is 0. The second-order valence-corrected chi connectivity index (χ2v) is 8.20. The van der Waals surface area contributed by atoms with Gasteiger partial charge in [-0.05, 0) is 72.5 Å². The van der Waals surface area contributed by atoms with E-state index in [0.29, 0.717) is 0 Å². The summed E-state index contributed by atoms with van der Waals surface area (Å²) in [5.41, 5.74) is 7.38. The van der Waals surface area contributed by atoms with Gasteiger partial charge in [-0.1, -0.05) is 84.9 Å². The lowest BCUT2D eigenvalue weighted by molar-refractivity contribution is 0.643. The minimum Gasteiger partial charge on any atom is -0.385 e. The number of nitrogens with one attached hydrogen (secondary N) is 3. The number of benzene rings is 4. The van der Waals surface area contributed by atoms with E-state index in [1.165, 1.54) is 33.6 Å². The highest BCUT2D eigenvalue weighted by Crippen LogP contribution is 2.22. The fourth-order valence-corrected chi connectivity index (χ4v) is 3.84. The van der Waals surface area contributed by atoms with Crippen LogP contribution in [0.1, 0.15) is 12.8 Å². The number of anilines is 2. The largest absolute Gasteiger partial charge is 0.385 e. The molecule has 168 valence electrons. The van der Waals surface area contributed by atoms with Gasteiger partial charge >= 0.3 is 0 Å². The first kappa shape index (κ1) is 22.6. The topological polar surface area (TPSA) is 36.1 Å². The lowest BCUT2D eigenvalue weighted by Crippen LogP contribution is -2.21. The van der Waals surface area contributed by atoms with E-state index in [-0.39, 0.29) is 0 Å². The Labute approximate surface area is 197 Å². The van der Waals surface area contributed by atoms with Crippen LogP contribution in [0.3, 0.4) is 0 Å². The monoisotopic (exact) mass is 435 g/mol. The predicted octanol–water partition coefficient (Wildman–Crippen LogP) is 6.91. The summed E-state index contributed by atoms with van der Waals surface area (Å²) in [6.45, 7) is 4.01. The van der Waals surface area contributed by atoms with Gasteiger partial charge in [-0.3, -0.25) is 0 Å². The van der Waals surface area contributed by atoms with Crippen molar-refractivity contribution in [3.8, 4) is 22.3 Å². The molecule has 33 heavy (non-hydrogen) atoms. The molecular formula is C30H33N3. The molecule has 0 heterocycles. The third-order valence-electron chi connectivity index (χ3n) is 5.70. The van der Waals surface area contributed by atoms with Gasteiger partial charge in [0.1, 0.15) is 0 Å². The van der Waals surface area contributed by atoms with Crippen LogP contribution in [-0.4, -0.2) is 26.2 Å². The van der Waals surface area contributed by atoms with E-state index in [4.69, 9.17) is 0 Å². The normalized spacial score (nSPS) is 10.7. The van der Waals surface area contributed by atoms with Crippen molar-refractivity contribution in [2.45, 2.75) is 12.8 Å². The minimum atomic E-state index is 0.976. The SMILES string of the molecule is c1ccc(-c2ccc(NCCCNCCCNc3ccc(-c4ccccc4)cc3)cc2)cc1. The molecular weight excluding hydrogens is 402 g/mol. The molecule has 3 heteroatoms. The molecule has 0 amide bonds. The van der Waals surface area contributed by atoms with Gasteiger partial charge in [0, 0.05) is 24.5 Å². The van der Waals surface area contributed by atoms with Crippen LogP contribution in [-0.2, 0) is 0 Å². The van der Waals surface area contributed by atoms with Crippen LogP contribution in [0.4, 0.5) is 11.4 Å². The molecule has 4 aromatic rings. The summed E-state index contributed by atoms with van der Waals surface area (Å²) in [6.07, 6.45) is 2.21. The van der Waals surface area contributed by atoms with Crippen molar-refractivity contribution in [3.63, 3.8) is 0 Å². The molecule has 3 nitrogen and oxygen atoms in total. The van der Waals surface area contributed by atoms with Gasteiger partial charge < -0.3 is 16.0 Å². The zero-order chi connectivity index (χ0) is 22.6. The fraction of sp³-hybridized carbons (Fsp3) is 0.200. The molecule has 0 spiro atoms. The van der Waals surface area contributed by atoms with Gasteiger partial charge in [-0.2, -0.15) is 0 Å². The van der Waals surface area contributed by atoms with Crippen molar-refractivity contribution in [2.75, 3.05) is 36.8 Å². The van der Waals surface area contributed by atoms with Crippen molar-refractivity contribution < 1.29 is 0 Å². The van der Waals surface area contributed by atoms with Crippen LogP contribution in [0.25, 0.3) is 22.3 Å². The Hall–Kier alpha value is -3.56. The highest BCUT2D eigenvalue weighted by atomic mass is 14.9.